The summed E-state index contributed by atoms with van der Waals surface area (Å²) in [7, 11) is 6.57. The number of pyridine rings is 6. The summed E-state index contributed by atoms with van der Waals surface area (Å²) in [4.78, 5) is 33.4. The van der Waals surface area contributed by atoms with Crippen molar-refractivity contribution in [3.8, 4) is 0 Å². The molecule has 0 fully saturated rings. The Labute approximate surface area is 387 Å². The Hall–Kier alpha value is -6.60. The van der Waals surface area contributed by atoms with Gasteiger partial charge in [-0.25, -0.2) is 0 Å². The lowest BCUT2D eigenvalue weighted by molar-refractivity contribution is 0.309. The largest absolute Gasteiger partial charge is 0.343 e. The third kappa shape index (κ3) is 9.26. The maximum absolute atomic E-state index is 4.65. The van der Waals surface area contributed by atoms with Crippen molar-refractivity contribution in [2.45, 2.75) is 77.8 Å². The van der Waals surface area contributed by atoms with Crippen LogP contribution in [0.1, 0.15) is 50.6 Å². The highest BCUT2D eigenvalue weighted by Gasteiger charge is 2.25. The number of nitrogens with zero attached hydrogens (tertiary/aromatic N) is 12. The first-order valence-corrected chi connectivity index (χ1v) is 23.6. The third-order valence-electron chi connectivity index (χ3n) is 13.7. The Bertz CT molecular complexity index is 2700. The van der Waals surface area contributed by atoms with Crippen LogP contribution in [0.4, 0.5) is 0 Å². The van der Waals surface area contributed by atoms with Crippen molar-refractivity contribution >= 4 is 33.0 Å². The highest BCUT2D eigenvalue weighted by atomic mass is 15.1. The van der Waals surface area contributed by atoms with Gasteiger partial charge in [0, 0.05) is 173 Å². The second-order valence-corrected chi connectivity index (χ2v) is 18.1. The van der Waals surface area contributed by atoms with Crippen LogP contribution < -0.4 is 0 Å². The van der Waals surface area contributed by atoms with Crippen LogP contribution in [0, 0.1) is 0 Å². The molecule has 12 rings (SSSR count). The van der Waals surface area contributed by atoms with Crippen LogP contribution in [0.15, 0.2) is 129 Å². The molecule has 0 unspecified atom stereocenters. The molecule has 12 nitrogen and oxygen atoms in total. The second kappa shape index (κ2) is 19.9. The molecular weight excluding hydrogens is 817 g/mol. The van der Waals surface area contributed by atoms with Crippen molar-refractivity contribution in [3.05, 3.63) is 179 Å². The summed E-state index contributed by atoms with van der Waals surface area (Å²) in [6.45, 7) is 9.40. The van der Waals surface area contributed by atoms with E-state index in [1.807, 2.05) is 74.0 Å². The number of hydrogen-bond acceptors (Lipinski definition) is 9. The van der Waals surface area contributed by atoms with Gasteiger partial charge in [0.2, 0.25) is 0 Å². The van der Waals surface area contributed by atoms with E-state index in [2.05, 4.69) is 134 Å². The van der Waals surface area contributed by atoms with Crippen LogP contribution in [0.2, 0.25) is 0 Å². The Morgan fingerprint density at radius 2 is 0.894 bits per heavy atom. The number of likely N-dealkylation sites (N-methyl/N-ethyl adjacent to an activating group) is 3. The summed E-state index contributed by atoms with van der Waals surface area (Å²) in [5, 5.41) is 1.37. The number of aryl methyl sites for hydroxylation is 6. The van der Waals surface area contributed by atoms with E-state index in [-0.39, 0.29) is 0 Å². The van der Waals surface area contributed by atoms with E-state index in [0.29, 0.717) is 0 Å². The fourth-order valence-corrected chi connectivity index (χ4v) is 10.3. The highest BCUT2D eigenvalue weighted by molar-refractivity contribution is 5.85. The first kappa shape index (κ1) is 43.3. The molecule has 336 valence electrons. The highest BCUT2D eigenvalue weighted by Crippen LogP contribution is 2.32. The SMILES string of the molecule is CN1CCc2c(c3ccncc3n2CCc2ccncc2)C1.CN1CCc2c(c3ncccc3n2CCc2ccccn2)C1.CN1CCc2c(c3ncccc3n2CCc2ccncc2)C1. The Balaban J connectivity index is 0.000000116. The van der Waals surface area contributed by atoms with Gasteiger partial charge in [-0.05, 0) is 117 Å². The van der Waals surface area contributed by atoms with Crippen LogP contribution in [-0.2, 0) is 77.8 Å². The third-order valence-corrected chi connectivity index (χ3v) is 13.7. The van der Waals surface area contributed by atoms with Crippen molar-refractivity contribution in [1.29, 1.82) is 0 Å². The van der Waals surface area contributed by atoms with Gasteiger partial charge < -0.3 is 28.4 Å². The Kier molecular flexibility index (Phi) is 13.0. The molecule has 0 saturated heterocycles. The monoisotopic (exact) mass is 877 g/mol. The predicted molar refractivity (Wildman–Crippen MR) is 263 cm³/mol. The summed E-state index contributed by atoms with van der Waals surface area (Å²) < 4.78 is 7.41. The summed E-state index contributed by atoms with van der Waals surface area (Å²) >= 11 is 0. The molecule has 3 aliphatic rings. The lowest BCUT2D eigenvalue weighted by atomic mass is 10.1. The molecule has 0 saturated carbocycles. The lowest BCUT2D eigenvalue weighted by Gasteiger charge is -2.24. The van der Waals surface area contributed by atoms with Crippen molar-refractivity contribution in [3.63, 3.8) is 0 Å². The molecule has 9 aromatic rings. The molecule has 0 spiro atoms. The molecule has 0 atom stereocenters. The number of fused-ring (bicyclic) bond motifs is 9. The van der Waals surface area contributed by atoms with Gasteiger partial charge in [0.15, 0.2) is 0 Å². The van der Waals surface area contributed by atoms with E-state index >= 15 is 0 Å². The molecule has 12 heteroatoms. The maximum atomic E-state index is 4.65. The van der Waals surface area contributed by atoms with Crippen LogP contribution >= 0.6 is 0 Å². The van der Waals surface area contributed by atoms with Gasteiger partial charge in [0.1, 0.15) is 0 Å². The van der Waals surface area contributed by atoms with Crippen molar-refractivity contribution in [2.75, 3.05) is 40.8 Å². The molecule has 0 N–H and O–H groups in total. The molecule has 0 aromatic carbocycles. The van der Waals surface area contributed by atoms with Crippen LogP contribution in [-0.4, -0.2) is 99.1 Å². The fraction of sp³-hybridized carbons (Fsp3) is 0.333. The molecular formula is C54H60N12. The van der Waals surface area contributed by atoms with Crippen LogP contribution in [0.25, 0.3) is 33.0 Å². The summed E-state index contributed by atoms with van der Waals surface area (Å²) in [5.41, 5.74) is 18.7. The average molecular weight is 877 g/mol. The zero-order chi connectivity index (χ0) is 44.8. The van der Waals surface area contributed by atoms with Gasteiger partial charge in [0.25, 0.3) is 0 Å². The molecule has 0 amide bonds. The van der Waals surface area contributed by atoms with Crippen LogP contribution in [0.5, 0.6) is 0 Å². The smallest absolute Gasteiger partial charge is 0.0928 e. The van der Waals surface area contributed by atoms with Gasteiger partial charge in [-0.2, -0.15) is 0 Å². The van der Waals surface area contributed by atoms with Gasteiger partial charge in [-0.15, -0.1) is 0 Å². The number of aromatic nitrogens is 9. The van der Waals surface area contributed by atoms with E-state index in [4.69, 9.17) is 0 Å². The van der Waals surface area contributed by atoms with E-state index in [9.17, 15) is 0 Å². The minimum Gasteiger partial charge on any atom is -0.343 e. The molecule has 3 aliphatic heterocycles. The topological polar surface area (TPSA) is 102 Å². The zero-order valence-corrected chi connectivity index (χ0v) is 38.6. The first-order valence-electron chi connectivity index (χ1n) is 23.6. The molecule has 0 bridgehead atoms. The second-order valence-electron chi connectivity index (χ2n) is 18.1. The van der Waals surface area contributed by atoms with E-state index in [1.54, 1.807) is 0 Å². The van der Waals surface area contributed by atoms with E-state index in [1.165, 1.54) is 77.9 Å². The standard InChI is InChI=1S/3C18H20N4/c1-21-10-6-17-16(13-21)15-4-9-20-12-18(15)22(17)11-5-14-2-7-19-8-3-14;1-21-11-7-16-15(13-21)18-17(3-2-8-20-18)22(16)12-6-14-4-9-19-10-5-14;1-21-11-8-16-15(13-21)18-17(6-4-10-20-18)22(16)12-7-14-5-2-3-9-19-14/h2-4,7-9,12H,5-6,10-11,13H2,1H3;2-5,8-10H,6-7,11-13H2,1H3;2-6,9-10H,7-8,11-13H2,1H3. The summed E-state index contributed by atoms with van der Waals surface area (Å²) in [6.07, 6.45) is 23.4. The van der Waals surface area contributed by atoms with Crippen molar-refractivity contribution in [2.24, 2.45) is 0 Å². The van der Waals surface area contributed by atoms with Crippen molar-refractivity contribution < 1.29 is 0 Å². The van der Waals surface area contributed by atoms with Gasteiger partial charge in [0.05, 0.1) is 33.8 Å². The van der Waals surface area contributed by atoms with Gasteiger partial charge in [-0.1, -0.05) is 6.07 Å². The lowest BCUT2D eigenvalue weighted by Crippen LogP contribution is -2.27. The number of hydrogen-bond donors (Lipinski definition) is 0. The van der Waals surface area contributed by atoms with Gasteiger partial charge >= 0.3 is 0 Å². The fourth-order valence-electron chi connectivity index (χ4n) is 10.3. The van der Waals surface area contributed by atoms with Gasteiger partial charge in [-0.3, -0.25) is 29.9 Å². The summed E-state index contributed by atoms with van der Waals surface area (Å²) in [5.74, 6) is 0. The minimum absolute atomic E-state index is 0.960. The predicted octanol–water partition coefficient (Wildman–Crippen LogP) is 7.99. The quantitative estimate of drug-likeness (QED) is 0.143. The van der Waals surface area contributed by atoms with E-state index in [0.717, 1.165) is 103 Å². The Morgan fingerprint density at radius 3 is 1.42 bits per heavy atom. The summed E-state index contributed by atoms with van der Waals surface area (Å²) in [6, 6.07) is 25.2. The zero-order valence-electron chi connectivity index (χ0n) is 38.6. The average Bonchev–Trinajstić information content (AvgIpc) is 3.97. The molecule has 12 heterocycles. The maximum Gasteiger partial charge on any atom is 0.0928 e. The van der Waals surface area contributed by atoms with E-state index < -0.39 is 0 Å². The van der Waals surface area contributed by atoms with Crippen LogP contribution in [0.3, 0.4) is 0 Å². The molecule has 9 aromatic heterocycles. The first-order chi connectivity index (χ1) is 32.5. The molecule has 0 aliphatic carbocycles. The Morgan fingerprint density at radius 1 is 0.424 bits per heavy atom. The van der Waals surface area contributed by atoms with Crippen molar-refractivity contribution in [1.82, 2.24) is 58.3 Å². The molecule has 66 heavy (non-hydrogen) atoms. The normalized spacial score (nSPS) is 15.1. The number of rotatable bonds is 9. The molecule has 0 radical (unpaired) electrons. The minimum atomic E-state index is 0.960.